The first kappa shape index (κ1) is 20.5. The molecule has 2 aromatic rings. The Labute approximate surface area is 171 Å². The van der Waals surface area contributed by atoms with E-state index in [9.17, 15) is 4.79 Å². The number of guanidine groups is 1. The highest BCUT2D eigenvalue weighted by Crippen LogP contribution is 2.30. The van der Waals surface area contributed by atoms with E-state index in [4.69, 9.17) is 9.47 Å². The number of hydrogen-bond acceptors (Lipinski definition) is 4. The van der Waals surface area contributed by atoms with E-state index in [2.05, 4.69) is 15.6 Å². The summed E-state index contributed by atoms with van der Waals surface area (Å²) in [5, 5.41) is 6.57. The lowest BCUT2D eigenvalue weighted by Crippen LogP contribution is -2.45. The molecule has 0 saturated heterocycles. The van der Waals surface area contributed by atoms with Gasteiger partial charge in [0.15, 0.2) is 17.5 Å². The van der Waals surface area contributed by atoms with Crippen LogP contribution in [0.15, 0.2) is 53.5 Å². The molecule has 1 atom stereocenters. The zero-order chi connectivity index (χ0) is 20.6. The van der Waals surface area contributed by atoms with Crippen molar-refractivity contribution in [3.63, 3.8) is 0 Å². The molecular weight excluding hydrogens is 368 g/mol. The summed E-state index contributed by atoms with van der Waals surface area (Å²) >= 11 is 0. The smallest absolute Gasteiger partial charge is 0.253 e. The maximum Gasteiger partial charge on any atom is 0.253 e. The van der Waals surface area contributed by atoms with Gasteiger partial charge in [0, 0.05) is 33.3 Å². The van der Waals surface area contributed by atoms with E-state index in [1.165, 1.54) is 0 Å². The molecule has 2 aromatic carbocycles. The highest BCUT2D eigenvalue weighted by atomic mass is 16.6. The molecule has 0 saturated carbocycles. The molecule has 1 aliphatic rings. The van der Waals surface area contributed by atoms with Crippen LogP contribution in [0.25, 0.3) is 0 Å². The van der Waals surface area contributed by atoms with E-state index in [-0.39, 0.29) is 12.0 Å². The van der Waals surface area contributed by atoms with Crippen LogP contribution in [-0.2, 0) is 6.42 Å². The molecule has 0 fully saturated rings. The molecule has 0 spiro atoms. The molecule has 2 N–H and O–H groups in total. The number of nitrogens with one attached hydrogen (secondary N) is 2. The lowest BCUT2D eigenvalue weighted by Gasteiger charge is -2.27. The van der Waals surface area contributed by atoms with E-state index in [1.807, 2.05) is 48.5 Å². The number of carbonyl (C=O) groups excluding carboxylic acids is 1. The van der Waals surface area contributed by atoms with Crippen LogP contribution in [0, 0.1) is 0 Å². The summed E-state index contributed by atoms with van der Waals surface area (Å²) in [4.78, 5) is 17.9. The van der Waals surface area contributed by atoms with Gasteiger partial charge in [-0.1, -0.05) is 24.3 Å². The zero-order valence-electron chi connectivity index (χ0n) is 17.1. The number of fused-ring (bicyclic) bond motifs is 1. The molecule has 7 nitrogen and oxygen atoms in total. The van der Waals surface area contributed by atoms with Crippen molar-refractivity contribution >= 4 is 11.9 Å². The Hall–Kier alpha value is -3.22. The third-order valence-electron chi connectivity index (χ3n) is 4.57. The minimum absolute atomic E-state index is 0.00793. The van der Waals surface area contributed by atoms with Crippen LogP contribution in [0.5, 0.6) is 11.5 Å². The molecule has 29 heavy (non-hydrogen) atoms. The second-order valence-corrected chi connectivity index (χ2v) is 7.03. The number of rotatable bonds is 6. The summed E-state index contributed by atoms with van der Waals surface area (Å²) in [7, 11) is 5.25. The van der Waals surface area contributed by atoms with Crippen molar-refractivity contribution in [3.8, 4) is 11.5 Å². The number of benzene rings is 2. The molecule has 0 aliphatic carbocycles. The van der Waals surface area contributed by atoms with Gasteiger partial charge >= 0.3 is 0 Å². The van der Waals surface area contributed by atoms with Crippen molar-refractivity contribution in [2.75, 3.05) is 40.8 Å². The summed E-state index contributed by atoms with van der Waals surface area (Å²) in [6.45, 7) is 1.78. The van der Waals surface area contributed by atoms with Gasteiger partial charge in [-0.15, -0.1) is 0 Å². The first-order chi connectivity index (χ1) is 14.1. The highest BCUT2D eigenvalue weighted by Gasteiger charge is 2.20. The van der Waals surface area contributed by atoms with Crippen LogP contribution < -0.4 is 20.1 Å². The molecule has 7 heteroatoms. The average molecular weight is 396 g/mol. The second-order valence-electron chi connectivity index (χ2n) is 7.03. The molecule has 1 heterocycles. The Morgan fingerprint density at radius 3 is 2.69 bits per heavy atom. The van der Waals surface area contributed by atoms with Gasteiger partial charge in [-0.3, -0.25) is 9.79 Å². The van der Waals surface area contributed by atoms with E-state index >= 15 is 0 Å². The fourth-order valence-corrected chi connectivity index (χ4v) is 3.04. The number of ether oxygens (including phenoxy) is 2. The fourth-order valence-electron chi connectivity index (χ4n) is 3.04. The maximum absolute atomic E-state index is 12.1. The monoisotopic (exact) mass is 396 g/mol. The summed E-state index contributed by atoms with van der Waals surface area (Å²) in [6, 6.07) is 15.4. The van der Waals surface area contributed by atoms with Gasteiger partial charge in [0.25, 0.3) is 5.91 Å². The maximum atomic E-state index is 12.1. The quantitative estimate of drug-likeness (QED) is 0.577. The van der Waals surface area contributed by atoms with E-state index in [1.54, 1.807) is 26.0 Å². The van der Waals surface area contributed by atoms with Gasteiger partial charge in [-0.05, 0) is 36.2 Å². The zero-order valence-corrected chi connectivity index (χ0v) is 17.1. The van der Waals surface area contributed by atoms with E-state index in [0.717, 1.165) is 23.5 Å². The lowest BCUT2D eigenvalue weighted by atomic mass is 10.1. The van der Waals surface area contributed by atoms with Gasteiger partial charge in [0.2, 0.25) is 0 Å². The Morgan fingerprint density at radius 1 is 1.14 bits per heavy atom. The normalized spacial score (nSPS) is 15.6. The van der Waals surface area contributed by atoms with E-state index in [0.29, 0.717) is 31.2 Å². The van der Waals surface area contributed by atoms with Gasteiger partial charge in [-0.2, -0.15) is 0 Å². The van der Waals surface area contributed by atoms with Crippen LogP contribution >= 0.6 is 0 Å². The first-order valence-corrected chi connectivity index (χ1v) is 9.70. The molecule has 154 valence electrons. The number of para-hydroxylation sites is 2. The lowest BCUT2D eigenvalue weighted by molar-refractivity contribution is 0.0827. The van der Waals surface area contributed by atoms with Gasteiger partial charge in [-0.25, -0.2) is 0 Å². The molecule has 3 rings (SSSR count). The topological polar surface area (TPSA) is 75.2 Å². The number of hydrogen-bond donors (Lipinski definition) is 2. The Morgan fingerprint density at radius 2 is 1.93 bits per heavy atom. The molecule has 0 bridgehead atoms. The van der Waals surface area contributed by atoms with Crippen molar-refractivity contribution in [1.82, 2.24) is 15.5 Å². The largest absolute Gasteiger partial charge is 0.486 e. The first-order valence-electron chi connectivity index (χ1n) is 9.70. The minimum atomic E-state index is -0.0859. The van der Waals surface area contributed by atoms with Crippen molar-refractivity contribution in [1.29, 1.82) is 0 Å². The molecule has 1 unspecified atom stereocenters. The van der Waals surface area contributed by atoms with Crippen LogP contribution in [0.4, 0.5) is 0 Å². The Kier molecular flexibility index (Phi) is 6.94. The highest BCUT2D eigenvalue weighted by molar-refractivity contribution is 5.94. The van der Waals surface area contributed by atoms with Crippen LogP contribution in [0.3, 0.4) is 0 Å². The van der Waals surface area contributed by atoms with Crippen LogP contribution in [-0.4, -0.2) is 63.7 Å². The number of nitrogens with zero attached hydrogens (tertiary/aromatic N) is 2. The summed E-state index contributed by atoms with van der Waals surface area (Å²) in [6.07, 6.45) is 0.697. The molecule has 1 aliphatic heterocycles. The number of carbonyl (C=O) groups is 1. The van der Waals surface area contributed by atoms with Crippen molar-refractivity contribution in [3.05, 3.63) is 59.7 Å². The Bertz CT molecular complexity index is 867. The third kappa shape index (κ3) is 5.63. The van der Waals surface area contributed by atoms with Gasteiger partial charge < -0.3 is 25.0 Å². The summed E-state index contributed by atoms with van der Waals surface area (Å²) in [5.74, 6) is 2.25. The summed E-state index contributed by atoms with van der Waals surface area (Å²) in [5.41, 5.74) is 1.80. The SMILES string of the molecule is CN=C(NCCc1cccc(C(=O)N(C)C)c1)NCC1COc2ccccc2O1. The number of aliphatic imine (C=N–C) groups is 1. The standard InChI is InChI=1S/C22H28N4O3/c1-23-22(25-14-18-15-28-19-9-4-5-10-20(19)29-18)24-12-11-16-7-6-8-17(13-16)21(27)26(2)3/h4-10,13,18H,11-12,14-15H2,1-3H3,(H2,23,24,25). The molecule has 1 amide bonds. The second kappa shape index (κ2) is 9.82. The molecule has 0 aromatic heterocycles. The third-order valence-corrected chi connectivity index (χ3v) is 4.57. The molecule has 0 radical (unpaired) electrons. The fraction of sp³-hybridized carbons (Fsp3) is 0.364. The number of amides is 1. The molecular formula is C22H28N4O3. The summed E-state index contributed by atoms with van der Waals surface area (Å²) < 4.78 is 11.7. The van der Waals surface area contributed by atoms with Crippen LogP contribution in [0.1, 0.15) is 15.9 Å². The van der Waals surface area contributed by atoms with Crippen LogP contribution in [0.2, 0.25) is 0 Å². The average Bonchev–Trinajstić information content (AvgIpc) is 2.75. The van der Waals surface area contributed by atoms with Gasteiger partial charge in [0.1, 0.15) is 12.7 Å². The predicted molar refractivity (Wildman–Crippen MR) is 114 cm³/mol. The van der Waals surface area contributed by atoms with E-state index < -0.39 is 0 Å². The van der Waals surface area contributed by atoms with Crippen molar-refractivity contribution < 1.29 is 14.3 Å². The Balaban J connectivity index is 1.44. The van der Waals surface area contributed by atoms with Gasteiger partial charge in [0.05, 0.1) is 6.54 Å². The van der Waals surface area contributed by atoms with Crippen molar-refractivity contribution in [2.45, 2.75) is 12.5 Å². The van der Waals surface area contributed by atoms with Crippen molar-refractivity contribution in [2.24, 2.45) is 4.99 Å². The minimum Gasteiger partial charge on any atom is -0.486 e. The predicted octanol–water partition coefficient (Wildman–Crippen LogP) is 1.94.